The molecule has 2 heterocycles. The van der Waals surface area contributed by atoms with Gasteiger partial charge in [-0.05, 0) is 17.7 Å². The lowest BCUT2D eigenvalue weighted by Crippen LogP contribution is -2.04. The molecule has 0 spiro atoms. The van der Waals surface area contributed by atoms with Crippen molar-refractivity contribution in [1.82, 2.24) is 9.97 Å². The number of H-pyrrole nitrogens is 1. The third kappa shape index (κ3) is 3.54. The predicted octanol–water partition coefficient (Wildman–Crippen LogP) is 3.22. The van der Waals surface area contributed by atoms with Gasteiger partial charge in [0.05, 0.1) is 6.54 Å². The number of hydrogen-bond acceptors (Lipinski definition) is 5. The number of nitrogens with one attached hydrogen (secondary N) is 2. The van der Waals surface area contributed by atoms with Crippen LogP contribution in [0.4, 0.5) is 5.69 Å². The zero-order valence-electron chi connectivity index (χ0n) is 10.3. The first-order valence-corrected chi connectivity index (χ1v) is 8.03. The van der Waals surface area contributed by atoms with E-state index in [4.69, 9.17) is 0 Å². The van der Waals surface area contributed by atoms with E-state index in [0.29, 0.717) is 0 Å². The maximum atomic E-state index is 4.40. The summed E-state index contributed by atoms with van der Waals surface area (Å²) in [5.74, 6) is 1.99. The molecule has 0 unspecified atom stereocenters. The highest BCUT2D eigenvalue weighted by Crippen LogP contribution is 2.22. The van der Waals surface area contributed by atoms with E-state index < -0.39 is 0 Å². The van der Waals surface area contributed by atoms with Gasteiger partial charge in [-0.2, -0.15) is 0 Å². The van der Waals surface area contributed by atoms with Gasteiger partial charge in [-0.25, -0.2) is 4.98 Å². The fourth-order valence-corrected chi connectivity index (χ4v) is 3.27. The van der Waals surface area contributed by atoms with Crippen molar-refractivity contribution in [3.05, 3.63) is 42.2 Å². The summed E-state index contributed by atoms with van der Waals surface area (Å²) < 4.78 is 0. The Morgan fingerprint density at radius 3 is 3.21 bits per heavy atom. The third-order valence-electron chi connectivity index (χ3n) is 2.61. The van der Waals surface area contributed by atoms with Crippen LogP contribution in [0, 0.1) is 0 Å². The summed E-state index contributed by atoms with van der Waals surface area (Å²) in [5.41, 5.74) is 2.38. The maximum absolute atomic E-state index is 4.40. The van der Waals surface area contributed by atoms with E-state index in [0.717, 1.165) is 34.1 Å². The lowest BCUT2D eigenvalue weighted by Gasteiger charge is -2.07. The van der Waals surface area contributed by atoms with E-state index in [1.807, 2.05) is 6.20 Å². The Morgan fingerprint density at radius 1 is 1.42 bits per heavy atom. The van der Waals surface area contributed by atoms with Crippen LogP contribution in [0.2, 0.25) is 0 Å². The monoisotopic (exact) mass is 290 g/mol. The maximum Gasteiger partial charge on any atom is 0.165 e. The second kappa shape index (κ2) is 6.16. The van der Waals surface area contributed by atoms with Crippen LogP contribution >= 0.6 is 23.5 Å². The van der Waals surface area contributed by atoms with Gasteiger partial charge in [0.1, 0.15) is 0 Å². The number of imidazole rings is 1. The number of aromatic nitrogens is 2. The molecule has 0 saturated carbocycles. The Bertz CT molecular complexity index is 566. The van der Waals surface area contributed by atoms with Crippen molar-refractivity contribution >= 4 is 34.4 Å². The van der Waals surface area contributed by atoms with Crippen LogP contribution < -0.4 is 5.32 Å². The van der Waals surface area contributed by atoms with E-state index in [1.54, 1.807) is 29.7 Å². The summed E-state index contributed by atoms with van der Waals surface area (Å²) in [6, 6.07) is 8.44. The van der Waals surface area contributed by atoms with E-state index in [2.05, 4.69) is 44.5 Å². The standard InChI is InChI=1S/C13H14N4S2/c1-2-10(9-19-12-14-4-5-15-12)8-11(3-1)17-13-16-6-7-18-13/h1-5,8H,6-7,9H2,(H,14,15)(H,16,17). The summed E-state index contributed by atoms with van der Waals surface area (Å²) in [7, 11) is 0. The van der Waals surface area contributed by atoms with Gasteiger partial charge in [0.15, 0.2) is 10.3 Å². The highest BCUT2D eigenvalue weighted by molar-refractivity contribution is 8.14. The fraction of sp³-hybridized carbons (Fsp3) is 0.231. The molecule has 0 saturated heterocycles. The van der Waals surface area contributed by atoms with Crippen LogP contribution in [0.1, 0.15) is 5.56 Å². The number of benzene rings is 1. The summed E-state index contributed by atoms with van der Waals surface area (Å²) in [6.45, 7) is 0.918. The van der Waals surface area contributed by atoms with Crippen LogP contribution in [-0.4, -0.2) is 27.4 Å². The van der Waals surface area contributed by atoms with Crippen LogP contribution in [0.5, 0.6) is 0 Å². The molecule has 98 valence electrons. The topological polar surface area (TPSA) is 53.1 Å². The minimum absolute atomic E-state index is 0.905. The van der Waals surface area contributed by atoms with Gasteiger partial charge >= 0.3 is 0 Å². The molecular formula is C13H14N4S2. The zero-order chi connectivity index (χ0) is 12.9. The smallest absolute Gasteiger partial charge is 0.165 e. The molecule has 0 fully saturated rings. The van der Waals surface area contributed by atoms with Crippen molar-refractivity contribution in [3.63, 3.8) is 0 Å². The summed E-state index contributed by atoms with van der Waals surface area (Å²) in [6.07, 6.45) is 3.62. The first-order chi connectivity index (χ1) is 9.40. The Kier molecular flexibility index (Phi) is 4.10. The summed E-state index contributed by atoms with van der Waals surface area (Å²) in [5, 5.41) is 5.33. The van der Waals surface area contributed by atoms with Gasteiger partial charge in [-0.15, -0.1) is 0 Å². The van der Waals surface area contributed by atoms with Gasteiger partial charge in [0.2, 0.25) is 0 Å². The molecule has 19 heavy (non-hydrogen) atoms. The lowest BCUT2D eigenvalue weighted by atomic mass is 10.2. The molecule has 0 bridgehead atoms. The molecule has 4 nitrogen and oxygen atoms in total. The SMILES string of the molecule is c1cc(CSc2ncc[nH]2)cc(NC2=NCCS2)c1. The Morgan fingerprint density at radius 2 is 2.42 bits per heavy atom. The molecule has 2 aromatic rings. The predicted molar refractivity (Wildman–Crippen MR) is 83.0 cm³/mol. The first-order valence-electron chi connectivity index (χ1n) is 6.05. The van der Waals surface area contributed by atoms with Crippen molar-refractivity contribution in [2.45, 2.75) is 10.9 Å². The van der Waals surface area contributed by atoms with Gasteiger partial charge in [-0.1, -0.05) is 35.7 Å². The van der Waals surface area contributed by atoms with E-state index in [-0.39, 0.29) is 0 Å². The average Bonchev–Trinajstić information content (AvgIpc) is 3.10. The Labute approximate surface area is 120 Å². The molecule has 3 rings (SSSR count). The van der Waals surface area contributed by atoms with Crippen molar-refractivity contribution in [2.75, 3.05) is 17.6 Å². The zero-order valence-corrected chi connectivity index (χ0v) is 11.9. The van der Waals surface area contributed by atoms with Crippen molar-refractivity contribution in [1.29, 1.82) is 0 Å². The Balaban J connectivity index is 1.62. The number of aliphatic imine (C=N–C) groups is 1. The van der Waals surface area contributed by atoms with Crippen LogP contribution in [0.15, 0.2) is 46.8 Å². The highest BCUT2D eigenvalue weighted by Gasteiger charge is 2.07. The largest absolute Gasteiger partial charge is 0.340 e. The number of anilines is 1. The van der Waals surface area contributed by atoms with Crippen LogP contribution in [0.25, 0.3) is 0 Å². The minimum atomic E-state index is 0.905. The van der Waals surface area contributed by atoms with Crippen molar-refractivity contribution in [3.8, 4) is 0 Å². The summed E-state index contributed by atoms with van der Waals surface area (Å²) in [4.78, 5) is 11.7. The molecule has 0 aliphatic carbocycles. The fourth-order valence-electron chi connectivity index (χ4n) is 1.75. The van der Waals surface area contributed by atoms with E-state index in [9.17, 15) is 0 Å². The number of nitrogens with zero attached hydrogens (tertiary/aromatic N) is 2. The number of thioether (sulfide) groups is 2. The van der Waals surface area contributed by atoms with Crippen LogP contribution in [0.3, 0.4) is 0 Å². The molecule has 0 radical (unpaired) electrons. The van der Waals surface area contributed by atoms with E-state index >= 15 is 0 Å². The molecule has 0 atom stereocenters. The molecule has 6 heteroatoms. The number of rotatable bonds is 4. The molecular weight excluding hydrogens is 276 g/mol. The quantitative estimate of drug-likeness (QED) is 0.849. The first kappa shape index (κ1) is 12.6. The number of amidine groups is 1. The molecule has 0 amide bonds. The normalized spacial score (nSPS) is 14.4. The number of aromatic amines is 1. The highest BCUT2D eigenvalue weighted by atomic mass is 32.2. The van der Waals surface area contributed by atoms with E-state index in [1.165, 1.54) is 5.56 Å². The molecule has 1 aliphatic heterocycles. The summed E-state index contributed by atoms with van der Waals surface area (Å²) >= 11 is 3.47. The molecule has 2 N–H and O–H groups in total. The van der Waals surface area contributed by atoms with Gasteiger partial charge < -0.3 is 10.3 Å². The minimum Gasteiger partial charge on any atom is -0.340 e. The third-order valence-corrected chi connectivity index (χ3v) is 4.48. The van der Waals surface area contributed by atoms with Crippen molar-refractivity contribution in [2.24, 2.45) is 4.99 Å². The van der Waals surface area contributed by atoms with Gasteiger partial charge in [-0.3, -0.25) is 4.99 Å². The number of hydrogen-bond donors (Lipinski definition) is 2. The average molecular weight is 290 g/mol. The molecule has 1 aliphatic rings. The van der Waals surface area contributed by atoms with Crippen molar-refractivity contribution < 1.29 is 0 Å². The molecule has 1 aromatic carbocycles. The second-order valence-electron chi connectivity index (χ2n) is 4.04. The van der Waals surface area contributed by atoms with Crippen LogP contribution in [-0.2, 0) is 5.75 Å². The van der Waals surface area contributed by atoms with Gasteiger partial charge in [0, 0.05) is 29.6 Å². The second-order valence-corrected chi connectivity index (χ2v) is 6.09. The van der Waals surface area contributed by atoms with Gasteiger partial charge in [0.25, 0.3) is 0 Å². The Hall–Kier alpha value is -1.40. The lowest BCUT2D eigenvalue weighted by molar-refractivity contribution is 1.06. The molecule has 1 aromatic heterocycles.